The Balaban J connectivity index is 1.63. The van der Waals surface area contributed by atoms with E-state index in [2.05, 4.69) is 20.7 Å². The maximum atomic E-state index is 13.9. The van der Waals surface area contributed by atoms with Crippen molar-refractivity contribution in [2.75, 3.05) is 18.1 Å². The summed E-state index contributed by atoms with van der Waals surface area (Å²) in [4.78, 5) is 28.7. The van der Waals surface area contributed by atoms with Crippen LogP contribution in [-0.4, -0.2) is 57.3 Å². The van der Waals surface area contributed by atoms with E-state index in [9.17, 15) is 22.8 Å². The largest absolute Gasteiger partial charge is 0.418 e. The van der Waals surface area contributed by atoms with Gasteiger partial charge >= 0.3 is 6.18 Å². The van der Waals surface area contributed by atoms with Gasteiger partial charge in [-0.3, -0.25) is 14.5 Å². The van der Waals surface area contributed by atoms with Crippen molar-refractivity contribution in [3.05, 3.63) is 59.7 Å². The minimum atomic E-state index is -4.74. The third-order valence-electron chi connectivity index (χ3n) is 6.31. The Morgan fingerprint density at radius 3 is 2.58 bits per heavy atom. The molecule has 1 fully saturated rings. The SMILES string of the molecule is CC[C@@H](C(=O)NC[C@H]1CCCO1)N(C(=O)Cn1nnc(-c2ccc(C)cc2)n1)c1ccccc1C(F)(F)F. The number of hydrogen-bond acceptors (Lipinski definition) is 6. The van der Waals surface area contributed by atoms with Crippen molar-refractivity contribution in [3.8, 4) is 11.4 Å². The number of aromatic nitrogens is 4. The number of carbonyl (C=O) groups is 2. The molecule has 1 saturated heterocycles. The van der Waals surface area contributed by atoms with Crippen LogP contribution in [0.25, 0.3) is 11.4 Å². The van der Waals surface area contributed by atoms with E-state index in [4.69, 9.17) is 4.74 Å². The maximum absolute atomic E-state index is 13.9. The second-order valence-electron chi connectivity index (χ2n) is 9.09. The lowest BCUT2D eigenvalue weighted by Crippen LogP contribution is -2.52. The van der Waals surface area contributed by atoms with E-state index in [-0.39, 0.29) is 24.9 Å². The molecule has 2 heterocycles. The number of alkyl halides is 3. The van der Waals surface area contributed by atoms with E-state index >= 15 is 0 Å². The van der Waals surface area contributed by atoms with Crippen LogP contribution in [0.3, 0.4) is 0 Å². The standard InChI is InChI=1S/C26H29F3N6O3/c1-3-21(25(37)30-15-19-7-6-14-38-19)35(22-9-5-4-8-20(22)26(27,28)29)23(36)16-34-32-24(31-33-34)18-12-10-17(2)11-13-18/h4-5,8-13,19,21H,3,6-7,14-16H2,1-2H3,(H,30,37)/t19-,21+/m1/s1. The topological polar surface area (TPSA) is 102 Å². The Bertz CT molecular complexity index is 1260. The van der Waals surface area contributed by atoms with Crippen LogP contribution in [0, 0.1) is 6.92 Å². The summed E-state index contributed by atoms with van der Waals surface area (Å²) in [6.45, 7) is 3.86. The number of carbonyl (C=O) groups excluding carboxylic acids is 2. The monoisotopic (exact) mass is 530 g/mol. The zero-order valence-corrected chi connectivity index (χ0v) is 21.1. The van der Waals surface area contributed by atoms with Gasteiger partial charge in [-0.25, -0.2) is 0 Å². The molecule has 38 heavy (non-hydrogen) atoms. The molecule has 2 atom stereocenters. The molecular weight excluding hydrogens is 501 g/mol. The summed E-state index contributed by atoms with van der Waals surface area (Å²) in [5.74, 6) is -1.09. The Kier molecular flexibility index (Phi) is 8.40. The molecule has 0 unspecified atom stereocenters. The summed E-state index contributed by atoms with van der Waals surface area (Å²) in [6, 6.07) is 10.8. The lowest BCUT2D eigenvalue weighted by molar-refractivity contribution is -0.137. The first-order valence-electron chi connectivity index (χ1n) is 12.4. The van der Waals surface area contributed by atoms with Gasteiger partial charge in [0.05, 0.1) is 17.4 Å². The second-order valence-corrected chi connectivity index (χ2v) is 9.09. The molecule has 1 aliphatic rings. The zero-order chi connectivity index (χ0) is 27.3. The summed E-state index contributed by atoms with van der Waals surface area (Å²) in [5.41, 5.74) is 0.279. The molecular formula is C26H29F3N6O3. The van der Waals surface area contributed by atoms with Crippen LogP contribution in [0.1, 0.15) is 37.3 Å². The molecule has 1 N–H and O–H groups in total. The molecule has 0 saturated carbocycles. The number of anilines is 1. The van der Waals surface area contributed by atoms with Crippen LogP contribution < -0.4 is 10.2 Å². The molecule has 0 bridgehead atoms. The normalized spacial score (nSPS) is 16.3. The summed E-state index contributed by atoms with van der Waals surface area (Å²) in [5, 5.41) is 14.8. The smallest absolute Gasteiger partial charge is 0.376 e. The van der Waals surface area contributed by atoms with Crippen LogP contribution in [0.2, 0.25) is 0 Å². The average Bonchev–Trinajstić information content (AvgIpc) is 3.58. The number of aryl methyl sites for hydroxylation is 1. The highest BCUT2D eigenvalue weighted by atomic mass is 19.4. The number of para-hydroxylation sites is 1. The molecule has 2 amide bonds. The highest BCUT2D eigenvalue weighted by Crippen LogP contribution is 2.37. The Labute approximate surface area is 218 Å². The molecule has 0 radical (unpaired) electrons. The maximum Gasteiger partial charge on any atom is 0.418 e. The molecule has 0 spiro atoms. The van der Waals surface area contributed by atoms with Gasteiger partial charge < -0.3 is 10.1 Å². The third kappa shape index (κ3) is 6.36. The number of tetrazole rings is 1. The fourth-order valence-electron chi connectivity index (χ4n) is 4.35. The lowest BCUT2D eigenvalue weighted by Gasteiger charge is -2.32. The van der Waals surface area contributed by atoms with Crippen LogP contribution in [0.4, 0.5) is 18.9 Å². The van der Waals surface area contributed by atoms with Crippen molar-refractivity contribution in [1.82, 2.24) is 25.5 Å². The van der Waals surface area contributed by atoms with Crippen molar-refractivity contribution < 1.29 is 27.5 Å². The number of benzene rings is 2. The van der Waals surface area contributed by atoms with Crippen LogP contribution in [-0.2, 0) is 27.0 Å². The molecule has 4 rings (SSSR count). The molecule has 1 aliphatic heterocycles. The van der Waals surface area contributed by atoms with Gasteiger partial charge in [0.2, 0.25) is 11.7 Å². The molecule has 202 valence electrons. The number of hydrogen-bond donors (Lipinski definition) is 1. The van der Waals surface area contributed by atoms with Gasteiger partial charge in [-0.1, -0.05) is 48.9 Å². The summed E-state index contributed by atoms with van der Waals surface area (Å²) in [6.07, 6.45) is -3.18. The van der Waals surface area contributed by atoms with Gasteiger partial charge in [0.1, 0.15) is 12.6 Å². The van der Waals surface area contributed by atoms with Crippen LogP contribution in [0.15, 0.2) is 48.5 Å². The Morgan fingerprint density at radius 1 is 1.18 bits per heavy atom. The number of amides is 2. The van der Waals surface area contributed by atoms with E-state index in [0.29, 0.717) is 12.2 Å². The van der Waals surface area contributed by atoms with Crippen LogP contribution in [0.5, 0.6) is 0 Å². The van der Waals surface area contributed by atoms with Gasteiger partial charge in [0.25, 0.3) is 5.91 Å². The predicted octanol–water partition coefficient (Wildman–Crippen LogP) is 3.77. The predicted molar refractivity (Wildman–Crippen MR) is 133 cm³/mol. The first-order chi connectivity index (χ1) is 18.2. The van der Waals surface area contributed by atoms with E-state index < -0.39 is 41.8 Å². The number of nitrogens with zero attached hydrogens (tertiary/aromatic N) is 5. The molecule has 2 aromatic carbocycles. The van der Waals surface area contributed by atoms with Crippen LogP contribution >= 0.6 is 0 Å². The fraction of sp³-hybridized carbons (Fsp3) is 0.423. The van der Waals surface area contributed by atoms with Gasteiger partial charge in [-0.15, -0.1) is 10.2 Å². The van der Waals surface area contributed by atoms with Crippen molar-refractivity contribution in [3.63, 3.8) is 0 Å². The highest BCUT2D eigenvalue weighted by Gasteiger charge is 2.39. The van der Waals surface area contributed by atoms with E-state index in [1.807, 2.05) is 19.1 Å². The minimum Gasteiger partial charge on any atom is -0.376 e. The van der Waals surface area contributed by atoms with E-state index in [1.54, 1.807) is 19.1 Å². The third-order valence-corrected chi connectivity index (χ3v) is 6.31. The summed E-state index contributed by atoms with van der Waals surface area (Å²) < 4.78 is 47.4. The number of rotatable bonds is 9. The minimum absolute atomic E-state index is 0.0781. The average molecular weight is 531 g/mol. The lowest BCUT2D eigenvalue weighted by atomic mass is 10.1. The van der Waals surface area contributed by atoms with Crippen molar-refractivity contribution in [2.45, 2.75) is 58.0 Å². The first kappa shape index (κ1) is 27.2. The van der Waals surface area contributed by atoms with E-state index in [1.165, 1.54) is 18.2 Å². The van der Waals surface area contributed by atoms with Crippen molar-refractivity contribution >= 4 is 17.5 Å². The second kappa shape index (κ2) is 11.7. The number of halogens is 3. The summed E-state index contributed by atoms with van der Waals surface area (Å²) in [7, 11) is 0. The Morgan fingerprint density at radius 2 is 1.92 bits per heavy atom. The van der Waals surface area contributed by atoms with Crippen molar-refractivity contribution in [1.29, 1.82) is 0 Å². The zero-order valence-electron chi connectivity index (χ0n) is 21.1. The molecule has 0 aliphatic carbocycles. The summed E-state index contributed by atoms with van der Waals surface area (Å²) >= 11 is 0. The molecule has 3 aromatic rings. The highest BCUT2D eigenvalue weighted by molar-refractivity contribution is 6.01. The molecule has 9 nitrogen and oxygen atoms in total. The molecule has 12 heteroatoms. The van der Waals surface area contributed by atoms with Gasteiger partial charge in [-0.05, 0) is 43.5 Å². The van der Waals surface area contributed by atoms with Gasteiger partial charge in [0.15, 0.2) is 0 Å². The Hall–Kier alpha value is -3.80. The van der Waals surface area contributed by atoms with Crippen molar-refractivity contribution in [2.24, 2.45) is 0 Å². The van der Waals surface area contributed by atoms with Gasteiger partial charge in [-0.2, -0.15) is 18.0 Å². The fourth-order valence-corrected chi connectivity index (χ4v) is 4.35. The number of nitrogens with one attached hydrogen (secondary N) is 1. The first-order valence-corrected chi connectivity index (χ1v) is 12.4. The number of ether oxygens (including phenoxy) is 1. The quantitative estimate of drug-likeness (QED) is 0.452. The molecule has 1 aromatic heterocycles. The van der Waals surface area contributed by atoms with E-state index in [0.717, 1.165) is 34.2 Å². The van der Waals surface area contributed by atoms with Gasteiger partial charge in [0, 0.05) is 18.7 Å².